The maximum atomic E-state index is 11.5. The first-order valence-electron chi connectivity index (χ1n) is 11.6. The van der Waals surface area contributed by atoms with Gasteiger partial charge in [0.1, 0.15) is 6.29 Å². The molecule has 0 aliphatic heterocycles. The molecule has 1 rings (SSSR count). The number of carbonyl (C=O) groups is 1. The molecule has 32 heavy (non-hydrogen) atoms. The summed E-state index contributed by atoms with van der Waals surface area (Å²) < 4.78 is 22.1. The number of nitrogens with two attached hydrogens (primary N) is 1. The summed E-state index contributed by atoms with van der Waals surface area (Å²) in [5, 5.41) is 0. The van der Waals surface area contributed by atoms with Gasteiger partial charge < -0.3 is 29.3 Å². The van der Waals surface area contributed by atoms with E-state index >= 15 is 0 Å². The second-order valence-corrected chi connectivity index (χ2v) is 9.51. The number of carbonyl (C=O) groups excluding carboxylic acids is 1. The highest BCUT2D eigenvalue weighted by Crippen LogP contribution is 2.32. The van der Waals surface area contributed by atoms with E-state index in [9.17, 15) is 4.79 Å². The number of ether oxygens (including phenoxy) is 3. The van der Waals surface area contributed by atoms with Gasteiger partial charge in [-0.25, -0.2) is 0 Å². The lowest BCUT2D eigenvalue weighted by molar-refractivity contribution is -0.113. The fourth-order valence-corrected chi connectivity index (χ4v) is 4.14. The van der Waals surface area contributed by atoms with Gasteiger partial charge in [-0.05, 0) is 54.7 Å². The molecule has 0 aromatic heterocycles. The molecule has 5 atom stereocenters. The highest BCUT2D eigenvalue weighted by molar-refractivity contribution is 7.09. The van der Waals surface area contributed by atoms with Gasteiger partial charge in [-0.15, -0.1) is 0 Å². The Balaban J connectivity index is 2.88. The molecule has 0 aliphatic carbocycles. The molecular formula is C25H44NO5P. The monoisotopic (exact) mass is 469 g/mol. The zero-order chi connectivity index (χ0) is 24.1. The standard InChI is InChI=1S/C25H44NO5P/c1-17(2)20(14-22(26)24(31-32)15-21(16-27)18(3)4)12-19-8-9-23(29-6)25(13-19)30-11-7-10-28-5/h8-9,13,16-18,20-22,24H,7,10-12,14-15,26,32H2,1-6H3/t20-,21+,22-,24-/m0/s1. The second-order valence-electron chi connectivity index (χ2n) is 9.24. The van der Waals surface area contributed by atoms with E-state index in [1.54, 1.807) is 14.2 Å². The lowest BCUT2D eigenvalue weighted by Gasteiger charge is -2.30. The quantitative estimate of drug-likeness (QED) is 0.203. The minimum absolute atomic E-state index is 0.0523. The van der Waals surface area contributed by atoms with E-state index in [4.69, 9.17) is 24.5 Å². The van der Waals surface area contributed by atoms with Gasteiger partial charge in [-0.2, -0.15) is 0 Å². The van der Waals surface area contributed by atoms with Crippen molar-refractivity contribution in [3.63, 3.8) is 0 Å². The van der Waals surface area contributed by atoms with E-state index in [2.05, 4.69) is 49.3 Å². The molecule has 0 aliphatic rings. The second kappa shape index (κ2) is 15.6. The van der Waals surface area contributed by atoms with Crippen molar-refractivity contribution in [2.45, 2.75) is 65.5 Å². The first kappa shape index (κ1) is 28.8. The van der Waals surface area contributed by atoms with Crippen molar-refractivity contribution >= 4 is 15.8 Å². The van der Waals surface area contributed by atoms with Crippen LogP contribution in [0, 0.1) is 23.7 Å². The van der Waals surface area contributed by atoms with E-state index in [1.807, 2.05) is 6.07 Å². The van der Waals surface area contributed by atoms with Crippen LogP contribution in [0.5, 0.6) is 11.5 Å². The summed E-state index contributed by atoms with van der Waals surface area (Å²) in [6.07, 6.45) is 4.01. The van der Waals surface area contributed by atoms with Crippen molar-refractivity contribution in [2.75, 3.05) is 27.4 Å². The fraction of sp³-hybridized carbons (Fsp3) is 0.720. The first-order chi connectivity index (χ1) is 15.3. The van der Waals surface area contributed by atoms with E-state index in [0.717, 1.165) is 37.0 Å². The number of rotatable bonds is 17. The van der Waals surface area contributed by atoms with Gasteiger partial charge in [0.15, 0.2) is 11.5 Å². The van der Waals surface area contributed by atoms with Crippen molar-refractivity contribution in [2.24, 2.45) is 29.4 Å². The summed E-state index contributed by atoms with van der Waals surface area (Å²) in [5.74, 6) is 2.52. The number of aldehydes is 1. The van der Waals surface area contributed by atoms with E-state index in [1.165, 1.54) is 5.56 Å². The minimum atomic E-state index is -0.172. The zero-order valence-corrected chi connectivity index (χ0v) is 21.9. The predicted molar refractivity (Wildman–Crippen MR) is 133 cm³/mol. The van der Waals surface area contributed by atoms with Crippen LogP contribution in [-0.2, 0) is 20.5 Å². The number of hydrogen-bond donors (Lipinski definition) is 1. The Labute approximate surface area is 197 Å². The summed E-state index contributed by atoms with van der Waals surface area (Å²) in [6.45, 7) is 9.80. The number of benzene rings is 1. The first-order valence-corrected chi connectivity index (χ1v) is 12.1. The SMILES string of the molecule is COCCCOc1cc(C[C@@H](C[C@H](N)[C@H](C[C@H](C=O)C(C)C)OP)C(C)C)ccc1OC. The third kappa shape index (κ3) is 9.74. The van der Waals surface area contributed by atoms with Crippen LogP contribution in [-0.4, -0.2) is 45.9 Å². The average molecular weight is 470 g/mol. The zero-order valence-electron chi connectivity index (χ0n) is 20.7. The van der Waals surface area contributed by atoms with Crippen LogP contribution in [0.1, 0.15) is 52.5 Å². The molecule has 1 unspecified atom stereocenters. The van der Waals surface area contributed by atoms with Crippen LogP contribution in [0.15, 0.2) is 18.2 Å². The average Bonchev–Trinajstić information content (AvgIpc) is 2.76. The minimum Gasteiger partial charge on any atom is -0.493 e. The molecule has 6 nitrogen and oxygen atoms in total. The summed E-state index contributed by atoms with van der Waals surface area (Å²) >= 11 is 0. The third-order valence-electron chi connectivity index (χ3n) is 6.18. The largest absolute Gasteiger partial charge is 0.493 e. The Morgan fingerprint density at radius 2 is 1.75 bits per heavy atom. The molecule has 0 amide bonds. The van der Waals surface area contributed by atoms with Crippen LogP contribution in [0.2, 0.25) is 0 Å². The molecule has 0 fully saturated rings. The topological polar surface area (TPSA) is 80.0 Å². The van der Waals surface area contributed by atoms with Crippen molar-refractivity contribution in [3.8, 4) is 11.5 Å². The molecule has 184 valence electrons. The Kier molecular flexibility index (Phi) is 14.1. The summed E-state index contributed by atoms with van der Waals surface area (Å²) in [5.41, 5.74) is 7.77. The van der Waals surface area contributed by atoms with Gasteiger partial charge in [0, 0.05) is 41.6 Å². The number of methoxy groups -OCH3 is 2. The highest BCUT2D eigenvalue weighted by atomic mass is 31.0. The molecule has 0 spiro atoms. The molecule has 0 saturated carbocycles. The van der Waals surface area contributed by atoms with Crippen molar-refractivity contribution in [1.29, 1.82) is 0 Å². The smallest absolute Gasteiger partial charge is 0.161 e. The van der Waals surface area contributed by atoms with Crippen LogP contribution in [0.25, 0.3) is 0 Å². The lowest BCUT2D eigenvalue weighted by Crippen LogP contribution is -2.40. The van der Waals surface area contributed by atoms with Crippen molar-refractivity contribution < 1.29 is 23.5 Å². The van der Waals surface area contributed by atoms with Gasteiger partial charge in [0.25, 0.3) is 0 Å². The molecule has 1 aromatic carbocycles. The molecule has 0 bridgehead atoms. The fourth-order valence-electron chi connectivity index (χ4n) is 3.83. The Morgan fingerprint density at radius 3 is 2.28 bits per heavy atom. The number of hydrogen-bond acceptors (Lipinski definition) is 6. The van der Waals surface area contributed by atoms with Gasteiger partial charge in [0.05, 0.1) is 19.8 Å². The molecule has 7 heteroatoms. The Hall–Kier alpha value is -1.20. The molecular weight excluding hydrogens is 425 g/mol. The van der Waals surface area contributed by atoms with Crippen molar-refractivity contribution in [1.82, 2.24) is 0 Å². The summed E-state index contributed by atoms with van der Waals surface area (Å²) in [4.78, 5) is 11.5. The van der Waals surface area contributed by atoms with Crippen LogP contribution < -0.4 is 15.2 Å². The molecule has 0 radical (unpaired) electrons. The van der Waals surface area contributed by atoms with E-state index < -0.39 is 0 Å². The van der Waals surface area contributed by atoms with E-state index in [0.29, 0.717) is 31.5 Å². The molecule has 1 aromatic rings. The summed E-state index contributed by atoms with van der Waals surface area (Å²) in [6, 6.07) is 5.97. The predicted octanol–water partition coefficient (Wildman–Crippen LogP) is 4.68. The maximum Gasteiger partial charge on any atom is 0.161 e. The molecule has 0 heterocycles. The van der Waals surface area contributed by atoms with Gasteiger partial charge in [-0.3, -0.25) is 0 Å². The summed E-state index contributed by atoms with van der Waals surface area (Å²) in [7, 11) is 5.67. The van der Waals surface area contributed by atoms with Crippen LogP contribution in [0.3, 0.4) is 0 Å². The van der Waals surface area contributed by atoms with Crippen molar-refractivity contribution in [3.05, 3.63) is 23.8 Å². The molecule has 0 saturated heterocycles. The third-order valence-corrected chi connectivity index (χ3v) is 6.53. The van der Waals surface area contributed by atoms with Gasteiger partial charge >= 0.3 is 0 Å². The van der Waals surface area contributed by atoms with Gasteiger partial charge in [-0.1, -0.05) is 33.8 Å². The normalized spacial score (nSPS) is 15.4. The van der Waals surface area contributed by atoms with Crippen LogP contribution >= 0.6 is 9.47 Å². The maximum absolute atomic E-state index is 11.5. The Bertz CT molecular complexity index is 655. The lowest BCUT2D eigenvalue weighted by atomic mass is 9.81. The Morgan fingerprint density at radius 1 is 1.03 bits per heavy atom. The highest BCUT2D eigenvalue weighted by Gasteiger charge is 2.27. The van der Waals surface area contributed by atoms with Crippen LogP contribution in [0.4, 0.5) is 0 Å². The molecule has 2 N–H and O–H groups in total. The van der Waals surface area contributed by atoms with Gasteiger partial charge in [0.2, 0.25) is 0 Å². The van der Waals surface area contributed by atoms with E-state index in [-0.39, 0.29) is 24.0 Å².